The molecule has 0 saturated carbocycles. The number of piperazine rings is 1. The van der Waals surface area contributed by atoms with Crippen LogP contribution < -0.4 is 5.32 Å². The number of rotatable bonds is 5. The Morgan fingerprint density at radius 2 is 1.17 bits per heavy atom. The molecule has 1 aliphatic rings. The second-order valence-electron chi connectivity index (χ2n) is 7.24. The predicted octanol–water partition coefficient (Wildman–Crippen LogP) is 2.48. The first kappa shape index (κ1) is 20.6. The Hall–Kier alpha value is -3.15. The Morgan fingerprint density at radius 3 is 1.55 bits per heavy atom. The molecule has 1 saturated heterocycles. The normalized spacial score (nSPS) is 13.9. The topological polar surface area (TPSA) is 69.7 Å². The Morgan fingerprint density at radius 1 is 0.759 bits per heavy atom. The van der Waals surface area contributed by atoms with Crippen LogP contribution in [0.15, 0.2) is 48.5 Å². The van der Waals surface area contributed by atoms with E-state index in [2.05, 4.69) is 12.2 Å². The summed E-state index contributed by atoms with van der Waals surface area (Å²) in [6.07, 6.45) is 0.948. The van der Waals surface area contributed by atoms with Crippen molar-refractivity contribution in [3.05, 3.63) is 70.8 Å². The van der Waals surface area contributed by atoms with E-state index in [-0.39, 0.29) is 17.7 Å². The molecular weight excluding hydrogens is 366 g/mol. The van der Waals surface area contributed by atoms with Crippen molar-refractivity contribution in [1.82, 2.24) is 15.1 Å². The van der Waals surface area contributed by atoms with E-state index in [0.717, 1.165) is 12.0 Å². The van der Waals surface area contributed by atoms with E-state index in [1.807, 2.05) is 36.4 Å². The lowest BCUT2D eigenvalue weighted by atomic mass is 10.1. The van der Waals surface area contributed by atoms with Crippen molar-refractivity contribution in [2.24, 2.45) is 0 Å². The molecule has 3 amide bonds. The fourth-order valence-electron chi connectivity index (χ4n) is 3.35. The summed E-state index contributed by atoms with van der Waals surface area (Å²) in [5, 5.41) is 2.74. The van der Waals surface area contributed by atoms with Crippen molar-refractivity contribution in [2.45, 2.75) is 26.8 Å². The van der Waals surface area contributed by atoms with Gasteiger partial charge in [0, 0.05) is 50.8 Å². The number of amides is 3. The molecule has 3 rings (SSSR count). The van der Waals surface area contributed by atoms with Crippen LogP contribution in [0.25, 0.3) is 0 Å². The smallest absolute Gasteiger partial charge is 0.253 e. The molecule has 0 aromatic heterocycles. The molecule has 0 radical (unpaired) electrons. The SMILES string of the molecule is CCc1ccc(C(=O)N2CCN(C(=O)c3ccc(CNC(C)=O)cc3)CC2)cc1. The van der Waals surface area contributed by atoms with Gasteiger partial charge in [0.15, 0.2) is 0 Å². The lowest BCUT2D eigenvalue weighted by Crippen LogP contribution is -2.50. The van der Waals surface area contributed by atoms with Crippen LogP contribution >= 0.6 is 0 Å². The molecule has 0 spiro atoms. The van der Waals surface area contributed by atoms with Gasteiger partial charge in [0.05, 0.1) is 0 Å². The summed E-state index contributed by atoms with van der Waals surface area (Å²) in [6, 6.07) is 15.0. The van der Waals surface area contributed by atoms with E-state index in [0.29, 0.717) is 43.9 Å². The molecule has 152 valence electrons. The van der Waals surface area contributed by atoms with Crippen LogP contribution in [0.3, 0.4) is 0 Å². The van der Waals surface area contributed by atoms with E-state index in [1.54, 1.807) is 21.9 Å². The Balaban J connectivity index is 1.54. The second-order valence-corrected chi connectivity index (χ2v) is 7.24. The van der Waals surface area contributed by atoms with Gasteiger partial charge in [-0.25, -0.2) is 0 Å². The molecule has 0 unspecified atom stereocenters. The fraction of sp³-hybridized carbons (Fsp3) is 0.348. The van der Waals surface area contributed by atoms with Crippen LogP contribution in [-0.2, 0) is 17.8 Å². The van der Waals surface area contributed by atoms with Gasteiger partial charge in [0.2, 0.25) is 5.91 Å². The minimum Gasteiger partial charge on any atom is -0.352 e. The standard InChI is InChI=1S/C23H27N3O3/c1-3-18-4-8-20(9-5-18)22(28)25-12-14-26(15-13-25)23(29)21-10-6-19(7-11-21)16-24-17(2)27/h4-11H,3,12-16H2,1-2H3,(H,24,27). The minimum atomic E-state index is -0.0844. The molecule has 1 N–H and O–H groups in total. The summed E-state index contributed by atoms with van der Waals surface area (Å²) in [7, 11) is 0. The van der Waals surface area contributed by atoms with Crippen molar-refractivity contribution in [3.63, 3.8) is 0 Å². The van der Waals surface area contributed by atoms with E-state index >= 15 is 0 Å². The summed E-state index contributed by atoms with van der Waals surface area (Å²) in [5.74, 6) is -0.101. The Kier molecular flexibility index (Phi) is 6.65. The molecule has 0 atom stereocenters. The van der Waals surface area contributed by atoms with Crippen molar-refractivity contribution in [1.29, 1.82) is 0 Å². The average Bonchev–Trinajstić information content (AvgIpc) is 2.77. The van der Waals surface area contributed by atoms with Gasteiger partial charge in [-0.05, 0) is 41.8 Å². The number of carbonyl (C=O) groups is 3. The lowest BCUT2D eigenvalue weighted by molar-refractivity contribution is -0.119. The van der Waals surface area contributed by atoms with E-state index < -0.39 is 0 Å². The molecule has 2 aromatic rings. The summed E-state index contributed by atoms with van der Waals surface area (Å²) >= 11 is 0. The van der Waals surface area contributed by atoms with Crippen LogP contribution in [-0.4, -0.2) is 53.7 Å². The number of hydrogen-bond acceptors (Lipinski definition) is 3. The zero-order chi connectivity index (χ0) is 20.8. The molecule has 1 heterocycles. The number of hydrogen-bond donors (Lipinski definition) is 1. The molecule has 6 nitrogen and oxygen atoms in total. The Labute approximate surface area is 171 Å². The highest BCUT2D eigenvalue weighted by Crippen LogP contribution is 2.14. The molecule has 0 bridgehead atoms. The summed E-state index contributed by atoms with van der Waals surface area (Å²) < 4.78 is 0. The van der Waals surface area contributed by atoms with Gasteiger partial charge >= 0.3 is 0 Å². The third-order valence-electron chi connectivity index (χ3n) is 5.21. The van der Waals surface area contributed by atoms with Crippen molar-refractivity contribution in [3.8, 4) is 0 Å². The van der Waals surface area contributed by atoms with Crippen LogP contribution in [0.5, 0.6) is 0 Å². The van der Waals surface area contributed by atoms with Gasteiger partial charge in [-0.3, -0.25) is 14.4 Å². The first-order valence-electron chi connectivity index (χ1n) is 9.98. The molecular formula is C23H27N3O3. The van der Waals surface area contributed by atoms with Crippen molar-refractivity contribution >= 4 is 17.7 Å². The average molecular weight is 393 g/mol. The largest absolute Gasteiger partial charge is 0.352 e. The molecule has 6 heteroatoms. The third-order valence-corrected chi connectivity index (χ3v) is 5.21. The zero-order valence-corrected chi connectivity index (χ0v) is 17.0. The van der Waals surface area contributed by atoms with Crippen LogP contribution in [0.1, 0.15) is 45.7 Å². The van der Waals surface area contributed by atoms with E-state index in [4.69, 9.17) is 0 Å². The van der Waals surface area contributed by atoms with Gasteiger partial charge in [0.25, 0.3) is 11.8 Å². The molecule has 1 fully saturated rings. The van der Waals surface area contributed by atoms with Crippen LogP contribution in [0.4, 0.5) is 0 Å². The maximum absolute atomic E-state index is 12.7. The van der Waals surface area contributed by atoms with Gasteiger partial charge in [0.1, 0.15) is 0 Å². The molecule has 2 aromatic carbocycles. The van der Waals surface area contributed by atoms with Crippen LogP contribution in [0.2, 0.25) is 0 Å². The number of benzene rings is 2. The predicted molar refractivity (Wildman–Crippen MR) is 112 cm³/mol. The Bertz CT molecular complexity index is 867. The van der Waals surface area contributed by atoms with Gasteiger partial charge in [-0.1, -0.05) is 31.2 Å². The highest BCUT2D eigenvalue weighted by atomic mass is 16.2. The third kappa shape index (κ3) is 5.22. The summed E-state index contributed by atoms with van der Waals surface area (Å²) in [6.45, 7) is 6.11. The number of aryl methyl sites for hydroxylation is 1. The quantitative estimate of drug-likeness (QED) is 0.849. The second kappa shape index (κ2) is 9.37. The van der Waals surface area contributed by atoms with E-state index in [1.165, 1.54) is 12.5 Å². The van der Waals surface area contributed by atoms with E-state index in [9.17, 15) is 14.4 Å². The van der Waals surface area contributed by atoms with Crippen LogP contribution in [0, 0.1) is 0 Å². The van der Waals surface area contributed by atoms with Gasteiger partial charge in [-0.2, -0.15) is 0 Å². The maximum Gasteiger partial charge on any atom is 0.253 e. The zero-order valence-electron chi connectivity index (χ0n) is 17.0. The van der Waals surface area contributed by atoms with Crippen molar-refractivity contribution < 1.29 is 14.4 Å². The first-order chi connectivity index (χ1) is 14.0. The highest BCUT2D eigenvalue weighted by molar-refractivity contribution is 5.96. The number of nitrogens with one attached hydrogen (secondary N) is 1. The monoisotopic (exact) mass is 393 g/mol. The van der Waals surface area contributed by atoms with Gasteiger partial charge in [-0.15, -0.1) is 0 Å². The maximum atomic E-state index is 12.7. The molecule has 1 aliphatic heterocycles. The molecule has 29 heavy (non-hydrogen) atoms. The number of carbonyl (C=O) groups excluding carboxylic acids is 3. The fourth-order valence-corrected chi connectivity index (χ4v) is 3.35. The number of nitrogens with zero attached hydrogens (tertiary/aromatic N) is 2. The summed E-state index contributed by atoms with van der Waals surface area (Å²) in [5.41, 5.74) is 3.46. The molecule has 0 aliphatic carbocycles. The lowest BCUT2D eigenvalue weighted by Gasteiger charge is -2.35. The minimum absolute atomic E-state index is 0.0158. The van der Waals surface area contributed by atoms with Gasteiger partial charge < -0.3 is 15.1 Å². The highest BCUT2D eigenvalue weighted by Gasteiger charge is 2.25. The van der Waals surface area contributed by atoms with Crippen molar-refractivity contribution in [2.75, 3.05) is 26.2 Å². The summed E-state index contributed by atoms with van der Waals surface area (Å²) in [4.78, 5) is 40.0. The first-order valence-corrected chi connectivity index (χ1v) is 9.98.